The van der Waals surface area contributed by atoms with Gasteiger partial charge in [-0.25, -0.2) is 9.97 Å². The lowest BCUT2D eigenvalue weighted by atomic mass is 10.3. The Hall–Kier alpha value is -1.32. The van der Waals surface area contributed by atoms with E-state index in [1.54, 1.807) is 0 Å². The summed E-state index contributed by atoms with van der Waals surface area (Å²) in [5.74, 6) is 3.64. The summed E-state index contributed by atoms with van der Waals surface area (Å²) in [6.07, 6.45) is 3.82. The van der Waals surface area contributed by atoms with Gasteiger partial charge in [-0.1, -0.05) is 6.92 Å². The zero-order chi connectivity index (χ0) is 12.3. The summed E-state index contributed by atoms with van der Waals surface area (Å²) in [5.41, 5.74) is 1.13. The molecule has 0 aliphatic heterocycles. The van der Waals surface area contributed by atoms with Gasteiger partial charge in [-0.05, 0) is 39.0 Å². The number of anilines is 2. The van der Waals surface area contributed by atoms with E-state index in [0.717, 1.165) is 48.5 Å². The van der Waals surface area contributed by atoms with E-state index in [9.17, 15) is 0 Å². The van der Waals surface area contributed by atoms with Crippen molar-refractivity contribution in [2.24, 2.45) is 5.92 Å². The van der Waals surface area contributed by atoms with E-state index in [1.165, 1.54) is 12.8 Å². The van der Waals surface area contributed by atoms with Gasteiger partial charge in [0.15, 0.2) is 0 Å². The van der Waals surface area contributed by atoms with Crippen LogP contribution in [0.15, 0.2) is 0 Å². The molecule has 0 bridgehead atoms. The first-order chi connectivity index (χ1) is 8.20. The lowest BCUT2D eigenvalue weighted by molar-refractivity contribution is 0.872. The molecule has 1 saturated carbocycles. The molecule has 4 heteroatoms. The molecule has 1 heterocycles. The maximum atomic E-state index is 4.48. The van der Waals surface area contributed by atoms with E-state index in [4.69, 9.17) is 0 Å². The van der Waals surface area contributed by atoms with Crippen molar-refractivity contribution in [2.75, 3.05) is 23.7 Å². The van der Waals surface area contributed by atoms with E-state index in [0.29, 0.717) is 0 Å². The van der Waals surface area contributed by atoms with Crippen LogP contribution in [0.2, 0.25) is 0 Å². The fourth-order valence-electron chi connectivity index (χ4n) is 1.78. The molecule has 4 nitrogen and oxygen atoms in total. The Bertz CT molecular complexity index is 385. The molecule has 0 aromatic carbocycles. The van der Waals surface area contributed by atoms with Crippen molar-refractivity contribution in [2.45, 2.75) is 40.0 Å². The van der Waals surface area contributed by atoms with Gasteiger partial charge >= 0.3 is 0 Å². The standard InChI is InChI=1S/C13H22N4/c1-4-7-14-12-9(2)13(17-10(3)16-12)15-8-11-5-6-11/h11H,4-8H2,1-3H3,(H2,14,15,16,17). The molecule has 1 fully saturated rings. The highest BCUT2D eigenvalue weighted by molar-refractivity contribution is 5.57. The Morgan fingerprint density at radius 3 is 2.35 bits per heavy atom. The lowest BCUT2D eigenvalue weighted by Gasteiger charge is -2.13. The Kier molecular flexibility index (Phi) is 3.82. The average molecular weight is 234 g/mol. The third-order valence-corrected chi connectivity index (χ3v) is 3.06. The van der Waals surface area contributed by atoms with Crippen molar-refractivity contribution in [3.05, 3.63) is 11.4 Å². The first kappa shape index (κ1) is 12.1. The van der Waals surface area contributed by atoms with Crippen LogP contribution in [0.4, 0.5) is 11.6 Å². The molecule has 0 radical (unpaired) electrons. The smallest absolute Gasteiger partial charge is 0.134 e. The highest BCUT2D eigenvalue weighted by atomic mass is 15.1. The van der Waals surface area contributed by atoms with Gasteiger partial charge < -0.3 is 10.6 Å². The molecule has 0 unspecified atom stereocenters. The maximum Gasteiger partial charge on any atom is 0.134 e. The second-order valence-electron chi connectivity index (χ2n) is 4.84. The van der Waals surface area contributed by atoms with Crippen LogP contribution in [0.1, 0.15) is 37.6 Å². The van der Waals surface area contributed by atoms with Crippen molar-refractivity contribution in [3.63, 3.8) is 0 Å². The third kappa shape index (κ3) is 3.32. The molecule has 1 aliphatic rings. The normalized spacial score (nSPS) is 14.8. The molecular formula is C13H22N4. The van der Waals surface area contributed by atoms with E-state index in [1.807, 2.05) is 6.92 Å². The SMILES string of the molecule is CCCNc1nc(C)nc(NCC2CC2)c1C. The van der Waals surface area contributed by atoms with Crippen molar-refractivity contribution in [3.8, 4) is 0 Å². The summed E-state index contributed by atoms with van der Waals surface area (Å²) < 4.78 is 0. The number of hydrogen-bond acceptors (Lipinski definition) is 4. The molecule has 94 valence electrons. The second kappa shape index (κ2) is 5.34. The quantitative estimate of drug-likeness (QED) is 0.794. The highest BCUT2D eigenvalue weighted by Crippen LogP contribution is 2.29. The molecule has 0 amide bonds. The van der Waals surface area contributed by atoms with Crippen LogP contribution in [0.5, 0.6) is 0 Å². The van der Waals surface area contributed by atoms with Gasteiger partial charge in [0.25, 0.3) is 0 Å². The Morgan fingerprint density at radius 1 is 1.12 bits per heavy atom. The predicted octanol–water partition coefficient (Wildman–Crippen LogP) is 2.74. The maximum absolute atomic E-state index is 4.48. The van der Waals surface area contributed by atoms with Crippen molar-refractivity contribution in [1.29, 1.82) is 0 Å². The van der Waals surface area contributed by atoms with E-state index >= 15 is 0 Å². The van der Waals surface area contributed by atoms with Crippen molar-refractivity contribution < 1.29 is 0 Å². The number of rotatable bonds is 6. The molecular weight excluding hydrogens is 212 g/mol. The Balaban J connectivity index is 2.09. The van der Waals surface area contributed by atoms with Crippen LogP contribution in [-0.4, -0.2) is 23.1 Å². The van der Waals surface area contributed by atoms with E-state index in [2.05, 4.69) is 34.4 Å². The number of hydrogen-bond donors (Lipinski definition) is 2. The van der Waals surface area contributed by atoms with Gasteiger partial charge in [0, 0.05) is 18.7 Å². The first-order valence-corrected chi connectivity index (χ1v) is 6.53. The van der Waals surface area contributed by atoms with Crippen molar-refractivity contribution >= 4 is 11.6 Å². The van der Waals surface area contributed by atoms with Crippen LogP contribution < -0.4 is 10.6 Å². The lowest BCUT2D eigenvalue weighted by Crippen LogP contribution is -2.12. The number of nitrogens with one attached hydrogen (secondary N) is 2. The summed E-state index contributed by atoms with van der Waals surface area (Å²) in [7, 11) is 0. The number of nitrogens with zero attached hydrogens (tertiary/aromatic N) is 2. The topological polar surface area (TPSA) is 49.8 Å². The Morgan fingerprint density at radius 2 is 1.76 bits per heavy atom. The second-order valence-corrected chi connectivity index (χ2v) is 4.84. The predicted molar refractivity (Wildman–Crippen MR) is 71.5 cm³/mol. The summed E-state index contributed by atoms with van der Waals surface area (Å²) >= 11 is 0. The fourth-order valence-corrected chi connectivity index (χ4v) is 1.78. The number of aromatic nitrogens is 2. The third-order valence-electron chi connectivity index (χ3n) is 3.06. The zero-order valence-electron chi connectivity index (χ0n) is 11.0. The molecule has 0 atom stereocenters. The Labute approximate surface area is 103 Å². The molecule has 1 aromatic rings. The summed E-state index contributed by atoms with van der Waals surface area (Å²) in [6, 6.07) is 0. The molecule has 2 rings (SSSR count). The van der Waals surface area contributed by atoms with Crippen LogP contribution in [0, 0.1) is 19.8 Å². The molecule has 0 saturated heterocycles. The molecule has 17 heavy (non-hydrogen) atoms. The molecule has 1 aromatic heterocycles. The van der Waals surface area contributed by atoms with E-state index in [-0.39, 0.29) is 0 Å². The minimum atomic E-state index is 0.826. The van der Waals surface area contributed by atoms with Gasteiger partial charge in [-0.2, -0.15) is 0 Å². The van der Waals surface area contributed by atoms with Crippen LogP contribution in [0.3, 0.4) is 0 Å². The van der Waals surface area contributed by atoms with Gasteiger partial charge in [0.1, 0.15) is 17.5 Å². The number of aryl methyl sites for hydroxylation is 1. The van der Waals surface area contributed by atoms with Crippen LogP contribution in [0.25, 0.3) is 0 Å². The average Bonchev–Trinajstić information content (AvgIpc) is 3.12. The minimum Gasteiger partial charge on any atom is -0.370 e. The van der Waals surface area contributed by atoms with E-state index < -0.39 is 0 Å². The largest absolute Gasteiger partial charge is 0.370 e. The summed E-state index contributed by atoms with van der Waals surface area (Å²) in [6.45, 7) is 8.18. The van der Waals surface area contributed by atoms with Crippen LogP contribution >= 0.6 is 0 Å². The van der Waals surface area contributed by atoms with Gasteiger partial charge in [0.2, 0.25) is 0 Å². The van der Waals surface area contributed by atoms with Gasteiger partial charge in [-0.15, -0.1) is 0 Å². The summed E-state index contributed by atoms with van der Waals surface area (Å²) in [5, 5.41) is 6.80. The fraction of sp³-hybridized carbons (Fsp3) is 0.692. The van der Waals surface area contributed by atoms with Crippen LogP contribution in [-0.2, 0) is 0 Å². The summed E-state index contributed by atoms with van der Waals surface area (Å²) in [4.78, 5) is 8.93. The zero-order valence-corrected chi connectivity index (χ0v) is 11.0. The monoisotopic (exact) mass is 234 g/mol. The highest BCUT2D eigenvalue weighted by Gasteiger charge is 2.21. The van der Waals surface area contributed by atoms with Crippen molar-refractivity contribution in [1.82, 2.24) is 9.97 Å². The van der Waals surface area contributed by atoms with Gasteiger partial charge in [-0.3, -0.25) is 0 Å². The minimum absolute atomic E-state index is 0.826. The first-order valence-electron chi connectivity index (χ1n) is 6.53. The molecule has 0 spiro atoms. The molecule has 1 aliphatic carbocycles. The molecule has 2 N–H and O–H groups in total. The van der Waals surface area contributed by atoms with Gasteiger partial charge in [0.05, 0.1) is 0 Å².